The lowest BCUT2D eigenvalue weighted by atomic mass is 10.2. The normalized spacial score (nSPS) is 10.5. The Hall–Kier alpha value is 0.160. The molecule has 1 nitrogen and oxygen atoms in total. The molecule has 0 radical (unpaired) electrons. The van der Waals surface area contributed by atoms with Crippen molar-refractivity contribution in [1.29, 1.82) is 0 Å². The molecule has 19 heavy (non-hydrogen) atoms. The van der Waals surface area contributed by atoms with Crippen LogP contribution >= 0.6 is 63.7 Å². The first-order valence-corrected chi connectivity index (χ1v) is 9.33. The third-order valence-electron chi connectivity index (χ3n) is 2.55. The topological polar surface area (TPSA) is 9.23 Å². The maximum atomic E-state index is 6.03. The highest BCUT2D eigenvalue weighted by Crippen LogP contribution is 2.33. The van der Waals surface area contributed by atoms with Crippen LogP contribution in [0.5, 0.6) is 11.5 Å². The summed E-state index contributed by atoms with van der Waals surface area (Å²) >= 11 is 13.9. The Morgan fingerprint density at radius 1 is 0.737 bits per heavy atom. The van der Waals surface area contributed by atoms with E-state index >= 15 is 0 Å². The van der Waals surface area contributed by atoms with Crippen LogP contribution < -0.4 is 4.74 Å². The SMILES string of the molecule is BrCc1cc(Br)ccc1Oc1ccc(Br)cc1CBr. The zero-order valence-corrected chi connectivity index (χ0v) is 16.1. The van der Waals surface area contributed by atoms with Crippen molar-refractivity contribution in [3.05, 3.63) is 56.5 Å². The Labute approximate surface area is 146 Å². The minimum absolute atomic E-state index is 0.752. The molecule has 5 heteroatoms. The molecule has 0 aliphatic carbocycles. The van der Waals surface area contributed by atoms with E-state index < -0.39 is 0 Å². The van der Waals surface area contributed by atoms with Crippen molar-refractivity contribution >= 4 is 63.7 Å². The molecule has 0 N–H and O–H groups in total. The summed E-state index contributed by atoms with van der Waals surface area (Å²) in [5.74, 6) is 1.73. The fraction of sp³-hybridized carbons (Fsp3) is 0.143. The summed E-state index contributed by atoms with van der Waals surface area (Å²) in [6, 6.07) is 12.0. The molecular formula is C14H10Br4O. The average Bonchev–Trinajstić information content (AvgIpc) is 2.42. The van der Waals surface area contributed by atoms with E-state index in [4.69, 9.17) is 4.74 Å². The van der Waals surface area contributed by atoms with Crippen molar-refractivity contribution in [3.63, 3.8) is 0 Å². The summed E-state index contributed by atoms with van der Waals surface area (Å²) in [5, 5.41) is 1.50. The van der Waals surface area contributed by atoms with Crippen molar-refractivity contribution in [3.8, 4) is 11.5 Å². The molecule has 0 unspecified atom stereocenters. The molecule has 0 atom stereocenters. The van der Waals surface area contributed by atoms with Gasteiger partial charge in [-0.15, -0.1) is 0 Å². The largest absolute Gasteiger partial charge is 0.457 e. The first kappa shape index (κ1) is 15.5. The molecule has 0 aromatic heterocycles. The molecule has 100 valence electrons. The summed E-state index contributed by atoms with van der Waals surface area (Å²) in [6.07, 6.45) is 0. The molecule has 0 aliphatic rings. The van der Waals surface area contributed by atoms with Crippen molar-refractivity contribution in [2.75, 3.05) is 0 Å². The van der Waals surface area contributed by atoms with E-state index in [1.807, 2.05) is 24.3 Å². The van der Waals surface area contributed by atoms with Gasteiger partial charge in [0.1, 0.15) is 11.5 Å². The van der Waals surface area contributed by atoms with Crippen molar-refractivity contribution in [2.24, 2.45) is 0 Å². The van der Waals surface area contributed by atoms with Crippen molar-refractivity contribution in [1.82, 2.24) is 0 Å². The van der Waals surface area contributed by atoms with E-state index in [0.29, 0.717) is 0 Å². The molecule has 0 spiro atoms. The summed E-state index contributed by atoms with van der Waals surface area (Å²) < 4.78 is 8.12. The van der Waals surface area contributed by atoms with Crippen LogP contribution in [-0.4, -0.2) is 0 Å². The number of benzene rings is 2. The van der Waals surface area contributed by atoms with Gasteiger partial charge >= 0.3 is 0 Å². The second-order valence-corrected chi connectivity index (χ2v) is 6.83. The van der Waals surface area contributed by atoms with Gasteiger partial charge in [0, 0.05) is 30.7 Å². The lowest BCUT2D eigenvalue weighted by Gasteiger charge is -2.13. The van der Waals surface area contributed by atoms with Crippen LogP contribution in [0.25, 0.3) is 0 Å². The van der Waals surface area contributed by atoms with Gasteiger partial charge in [0.25, 0.3) is 0 Å². The van der Waals surface area contributed by atoms with E-state index in [9.17, 15) is 0 Å². The van der Waals surface area contributed by atoms with Crippen molar-refractivity contribution < 1.29 is 4.74 Å². The Morgan fingerprint density at radius 3 is 1.53 bits per heavy atom. The second-order valence-electron chi connectivity index (χ2n) is 3.87. The van der Waals surface area contributed by atoms with Gasteiger partial charge in [-0.05, 0) is 36.4 Å². The molecule has 2 aromatic rings. The fourth-order valence-corrected chi connectivity index (χ4v) is 3.32. The lowest BCUT2D eigenvalue weighted by molar-refractivity contribution is 0.474. The molecule has 2 aromatic carbocycles. The van der Waals surface area contributed by atoms with E-state index in [-0.39, 0.29) is 0 Å². The van der Waals surface area contributed by atoms with Gasteiger partial charge in [-0.3, -0.25) is 0 Å². The number of rotatable bonds is 4. The van der Waals surface area contributed by atoms with Gasteiger partial charge in [-0.1, -0.05) is 63.7 Å². The highest BCUT2D eigenvalue weighted by atomic mass is 79.9. The molecule has 0 aliphatic heterocycles. The fourth-order valence-electron chi connectivity index (χ4n) is 1.62. The average molecular weight is 514 g/mol. The Morgan fingerprint density at radius 2 is 1.16 bits per heavy atom. The van der Waals surface area contributed by atoms with Crippen LogP contribution in [0.4, 0.5) is 0 Å². The van der Waals surface area contributed by atoms with Crippen LogP contribution in [0.15, 0.2) is 45.3 Å². The van der Waals surface area contributed by atoms with E-state index in [1.54, 1.807) is 0 Å². The summed E-state index contributed by atoms with van der Waals surface area (Å²) in [4.78, 5) is 0. The smallest absolute Gasteiger partial charge is 0.131 e. The van der Waals surface area contributed by atoms with E-state index in [0.717, 1.165) is 42.2 Å². The Kier molecular flexibility index (Phi) is 5.93. The zero-order chi connectivity index (χ0) is 13.8. The number of ether oxygens (including phenoxy) is 1. The van der Waals surface area contributed by atoms with Gasteiger partial charge in [-0.25, -0.2) is 0 Å². The van der Waals surface area contributed by atoms with Gasteiger partial charge in [-0.2, -0.15) is 0 Å². The number of halogens is 4. The van der Waals surface area contributed by atoms with Gasteiger partial charge in [0.2, 0.25) is 0 Å². The standard InChI is InChI=1S/C14H10Br4O/c15-7-9-5-11(17)1-3-13(9)19-14-4-2-12(18)6-10(14)8-16/h1-6H,7-8H2. The molecule has 2 rings (SSSR count). The maximum Gasteiger partial charge on any atom is 0.131 e. The lowest BCUT2D eigenvalue weighted by Crippen LogP contribution is -1.93. The minimum Gasteiger partial charge on any atom is -0.457 e. The highest BCUT2D eigenvalue weighted by Gasteiger charge is 2.08. The van der Waals surface area contributed by atoms with Crippen LogP contribution in [0.3, 0.4) is 0 Å². The highest BCUT2D eigenvalue weighted by molar-refractivity contribution is 9.11. The van der Waals surface area contributed by atoms with E-state index in [1.165, 1.54) is 0 Å². The third kappa shape index (κ3) is 4.06. The molecule has 0 heterocycles. The molecule has 0 saturated heterocycles. The minimum atomic E-state index is 0.752. The zero-order valence-electron chi connectivity index (χ0n) is 9.80. The quantitative estimate of drug-likeness (QED) is 0.409. The van der Waals surface area contributed by atoms with Gasteiger partial charge in [0.15, 0.2) is 0 Å². The van der Waals surface area contributed by atoms with E-state index in [2.05, 4.69) is 75.9 Å². The Bertz CT molecular complexity index is 532. The monoisotopic (exact) mass is 510 g/mol. The molecule has 0 fully saturated rings. The first-order valence-electron chi connectivity index (χ1n) is 5.50. The molecule has 0 saturated carbocycles. The van der Waals surface area contributed by atoms with Gasteiger partial charge < -0.3 is 4.74 Å². The van der Waals surface area contributed by atoms with Crippen LogP contribution in [-0.2, 0) is 10.7 Å². The van der Waals surface area contributed by atoms with Crippen molar-refractivity contribution in [2.45, 2.75) is 10.7 Å². The molecule has 0 bridgehead atoms. The summed E-state index contributed by atoms with van der Waals surface area (Å²) in [5.41, 5.74) is 2.22. The number of hydrogen-bond acceptors (Lipinski definition) is 1. The first-order chi connectivity index (χ1) is 9.13. The third-order valence-corrected chi connectivity index (χ3v) is 4.75. The maximum absolute atomic E-state index is 6.03. The second kappa shape index (κ2) is 7.25. The predicted octanol–water partition coefficient (Wildman–Crippen LogP) is 6.79. The van der Waals surface area contributed by atoms with Crippen LogP contribution in [0, 0.1) is 0 Å². The van der Waals surface area contributed by atoms with Crippen LogP contribution in [0.2, 0.25) is 0 Å². The van der Waals surface area contributed by atoms with Gasteiger partial charge in [0.05, 0.1) is 0 Å². The summed E-state index contributed by atoms with van der Waals surface area (Å²) in [6.45, 7) is 0. The molecule has 0 amide bonds. The number of alkyl halides is 2. The molecular weight excluding hydrogens is 504 g/mol. The Balaban J connectivity index is 2.36. The number of hydrogen-bond donors (Lipinski definition) is 0. The van der Waals surface area contributed by atoms with Crippen LogP contribution in [0.1, 0.15) is 11.1 Å². The predicted molar refractivity (Wildman–Crippen MR) is 93.6 cm³/mol. The summed E-state index contributed by atoms with van der Waals surface area (Å²) in [7, 11) is 0.